The van der Waals surface area contributed by atoms with Crippen molar-refractivity contribution in [3.8, 4) is 5.75 Å². The molecule has 0 fully saturated rings. The Labute approximate surface area is 95.8 Å². The average molecular weight is 222 g/mol. The number of hydrogen-bond acceptors (Lipinski definition) is 3. The second kappa shape index (κ2) is 6.85. The molecule has 3 N–H and O–H groups in total. The number of para-hydroxylation sites is 1. The van der Waals surface area contributed by atoms with E-state index in [-0.39, 0.29) is 6.04 Å². The van der Waals surface area contributed by atoms with E-state index in [1.54, 1.807) is 12.1 Å². The van der Waals surface area contributed by atoms with Crippen molar-refractivity contribution in [1.82, 2.24) is 5.32 Å². The first-order chi connectivity index (χ1) is 7.72. The van der Waals surface area contributed by atoms with E-state index in [2.05, 4.69) is 12.2 Å². The van der Waals surface area contributed by atoms with Crippen molar-refractivity contribution in [1.29, 1.82) is 0 Å². The van der Waals surface area contributed by atoms with E-state index in [0.717, 1.165) is 12.8 Å². The van der Waals surface area contributed by atoms with Crippen molar-refractivity contribution < 1.29 is 9.53 Å². The summed E-state index contributed by atoms with van der Waals surface area (Å²) in [7, 11) is 0. The fourth-order valence-electron chi connectivity index (χ4n) is 1.32. The molecule has 1 rings (SSSR count). The van der Waals surface area contributed by atoms with Crippen LogP contribution in [0.3, 0.4) is 0 Å². The average Bonchev–Trinajstić information content (AvgIpc) is 2.28. The quantitative estimate of drug-likeness (QED) is 0.799. The number of nitrogens with two attached hydrogens (primary N) is 1. The lowest BCUT2D eigenvalue weighted by Crippen LogP contribution is -2.38. The highest BCUT2D eigenvalue weighted by atomic mass is 16.6. The first-order valence-electron chi connectivity index (χ1n) is 5.48. The summed E-state index contributed by atoms with van der Waals surface area (Å²) in [6, 6.07) is 8.93. The number of rotatable bonds is 5. The summed E-state index contributed by atoms with van der Waals surface area (Å²) < 4.78 is 5.04. The third-order valence-corrected chi connectivity index (χ3v) is 2.12. The molecule has 0 heterocycles. The van der Waals surface area contributed by atoms with Gasteiger partial charge in [-0.05, 0) is 18.6 Å². The summed E-state index contributed by atoms with van der Waals surface area (Å²) in [5, 5.41) is 2.63. The van der Waals surface area contributed by atoms with Crippen molar-refractivity contribution in [2.45, 2.75) is 25.8 Å². The molecule has 1 aromatic carbocycles. The van der Waals surface area contributed by atoms with Crippen LogP contribution in [-0.4, -0.2) is 18.7 Å². The number of benzene rings is 1. The molecule has 0 bridgehead atoms. The second-order valence-corrected chi connectivity index (χ2v) is 3.63. The van der Waals surface area contributed by atoms with E-state index < -0.39 is 6.09 Å². The van der Waals surface area contributed by atoms with Gasteiger partial charge in [-0.15, -0.1) is 0 Å². The lowest BCUT2D eigenvalue weighted by molar-refractivity contribution is 0.199. The molecule has 1 amide bonds. The van der Waals surface area contributed by atoms with Gasteiger partial charge in [-0.25, -0.2) is 4.79 Å². The van der Waals surface area contributed by atoms with Crippen LogP contribution in [0.2, 0.25) is 0 Å². The van der Waals surface area contributed by atoms with Crippen LogP contribution >= 0.6 is 0 Å². The smallest absolute Gasteiger partial charge is 0.410 e. The molecule has 88 valence electrons. The van der Waals surface area contributed by atoms with Crippen LogP contribution in [0.5, 0.6) is 5.75 Å². The highest BCUT2D eigenvalue weighted by Gasteiger charge is 2.06. The normalized spacial score (nSPS) is 11.9. The molecule has 0 radical (unpaired) electrons. The molecule has 0 aliphatic rings. The van der Waals surface area contributed by atoms with Crippen LogP contribution in [0.15, 0.2) is 30.3 Å². The minimum Gasteiger partial charge on any atom is -0.410 e. The van der Waals surface area contributed by atoms with Gasteiger partial charge in [0.2, 0.25) is 0 Å². The van der Waals surface area contributed by atoms with E-state index in [9.17, 15) is 4.79 Å². The van der Waals surface area contributed by atoms with Gasteiger partial charge in [0.25, 0.3) is 0 Å². The summed E-state index contributed by atoms with van der Waals surface area (Å²) in [5.41, 5.74) is 5.76. The van der Waals surface area contributed by atoms with Crippen LogP contribution in [0.1, 0.15) is 19.8 Å². The fraction of sp³-hybridized carbons (Fsp3) is 0.417. The SMILES string of the molecule is CCCC(N)CNC(=O)Oc1ccccc1. The van der Waals surface area contributed by atoms with Gasteiger partial charge in [0.05, 0.1) is 0 Å². The Bertz CT molecular complexity index is 314. The zero-order chi connectivity index (χ0) is 11.8. The molecule has 1 unspecified atom stereocenters. The van der Waals surface area contributed by atoms with E-state index in [1.807, 2.05) is 18.2 Å². The third-order valence-electron chi connectivity index (χ3n) is 2.12. The van der Waals surface area contributed by atoms with Gasteiger partial charge in [0, 0.05) is 12.6 Å². The Kier molecular flexibility index (Phi) is 5.36. The summed E-state index contributed by atoms with van der Waals surface area (Å²) >= 11 is 0. The van der Waals surface area contributed by atoms with Crippen molar-refractivity contribution in [3.63, 3.8) is 0 Å². The van der Waals surface area contributed by atoms with Crippen LogP contribution in [0.25, 0.3) is 0 Å². The Morgan fingerprint density at radius 1 is 1.44 bits per heavy atom. The molecule has 1 aromatic rings. The van der Waals surface area contributed by atoms with Crippen LogP contribution < -0.4 is 15.8 Å². The maximum Gasteiger partial charge on any atom is 0.412 e. The van der Waals surface area contributed by atoms with E-state index >= 15 is 0 Å². The van der Waals surface area contributed by atoms with Crippen LogP contribution in [-0.2, 0) is 0 Å². The highest BCUT2D eigenvalue weighted by Crippen LogP contribution is 2.07. The molecule has 1 atom stereocenters. The molecular weight excluding hydrogens is 204 g/mol. The third kappa shape index (κ3) is 4.79. The first-order valence-corrected chi connectivity index (χ1v) is 5.48. The van der Waals surface area contributed by atoms with Crippen LogP contribution in [0.4, 0.5) is 4.79 Å². The first kappa shape index (κ1) is 12.5. The molecular formula is C12H18N2O2. The zero-order valence-corrected chi connectivity index (χ0v) is 9.48. The van der Waals surface area contributed by atoms with Crippen molar-refractivity contribution in [3.05, 3.63) is 30.3 Å². The van der Waals surface area contributed by atoms with E-state index in [1.165, 1.54) is 0 Å². The number of carbonyl (C=O) groups is 1. The number of hydrogen-bond donors (Lipinski definition) is 2. The predicted octanol–water partition coefficient (Wildman–Crippen LogP) is 1.90. The Hall–Kier alpha value is -1.55. The monoisotopic (exact) mass is 222 g/mol. The van der Waals surface area contributed by atoms with Crippen molar-refractivity contribution in [2.75, 3.05) is 6.54 Å². The number of carbonyl (C=O) groups excluding carboxylic acids is 1. The topological polar surface area (TPSA) is 64.3 Å². The Morgan fingerprint density at radius 2 is 2.12 bits per heavy atom. The second-order valence-electron chi connectivity index (χ2n) is 3.63. The molecule has 0 spiro atoms. The lowest BCUT2D eigenvalue weighted by Gasteiger charge is -2.11. The summed E-state index contributed by atoms with van der Waals surface area (Å²) in [6.45, 7) is 2.50. The molecule has 0 saturated heterocycles. The Balaban J connectivity index is 2.26. The van der Waals surface area contributed by atoms with E-state index in [0.29, 0.717) is 12.3 Å². The number of amides is 1. The molecule has 4 nitrogen and oxygen atoms in total. The largest absolute Gasteiger partial charge is 0.412 e. The van der Waals surface area contributed by atoms with Crippen LogP contribution in [0, 0.1) is 0 Å². The maximum atomic E-state index is 11.3. The number of nitrogens with one attached hydrogen (secondary N) is 1. The van der Waals surface area contributed by atoms with Gasteiger partial charge in [-0.1, -0.05) is 31.5 Å². The molecule has 0 aromatic heterocycles. The molecule has 0 aliphatic heterocycles. The lowest BCUT2D eigenvalue weighted by atomic mass is 10.2. The predicted molar refractivity (Wildman–Crippen MR) is 63.4 cm³/mol. The van der Waals surface area contributed by atoms with Gasteiger partial charge < -0.3 is 15.8 Å². The minimum absolute atomic E-state index is 0.00618. The van der Waals surface area contributed by atoms with Gasteiger partial charge in [0.1, 0.15) is 5.75 Å². The summed E-state index contributed by atoms with van der Waals surface area (Å²) in [5.74, 6) is 0.532. The standard InChI is InChI=1S/C12H18N2O2/c1-2-6-10(13)9-14-12(15)16-11-7-4-3-5-8-11/h3-5,7-8,10H,2,6,9,13H2,1H3,(H,14,15). The Morgan fingerprint density at radius 3 is 2.75 bits per heavy atom. The van der Waals surface area contributed by atoms with Gasteiger partial charge in [-0.3, -0.25) is 0 Å². The minimum atomic E-state index is -0.460. The number of ether oxygens (including phenoxy) is 1. The van der Waals surface area contributed by atoms with Gasteiger partial charge >= 0.3 is 6.09 Å². The molecule has 16 heavy (non-hydrogen) atoms. The van der Waals surface area contributed by atoms with Gasteiger partial charge in [0.15, 0.2) is 0 Å². The molecule has 0 saturated carbocycles. The summed E-state index contributed by atoms with van der Waals surface area (Å²) in [6.07, 6.45) is 1.44. The maximum absolute atomic E-state index is 11.3. The highest BCUT2D eigenvalue weighted by molar-refractivity contribution is 5.70. The van der Waals surface area contributed by atoms with Crippen molar-refractivity contribution >= 4 is 6.09 Å². The van der Waals surface area contributed by atoms with Gasteiger partial charge in [-0.2, -0.15) is 0 Å². The molecule has 4 heteroatoms. The zero-order valence-electron chi connectivity index (χ0n) is 9.48. The van der Waals surface area contributed by atoms with E-state index in [4.69, 9.17) is 10.5 Å². The summed E-state index contributed by atoms with van der Waals surface area (Å²) in [4.78, 5) is 11.3. The molecule has 0 aliphatic carbocycles. The fourth-order valence-corrected chi connectivity index (χ4v) is 1.32. The van der Waals surface area contributed by atoms with Crippen molar-refractivity contribution in [2.24, 2.45) is 5.73 Å².